The molecule has 0 aliphatic rings. The third kappa shape index (κ3) is 3.43. The molecule has 3 rings (SSSR count). The summed E-state index contributed by atoms with van der Waals surface area (Å²) in [7, 11) is 1.86. The van der Waals surface area contributed by atoms with Crippen LogP contribution >= 0.6 is 0 Å². The first-order valence-corrected chi connectivity index (χ1v) is 7.25. The molecule has 23 heavy (non-hydrogen) atoms. The van der Waals surface area contributed by atoms with E-state index in [-0.39, 0.29) is 6.61 Å². The summed E-state index contributed by atoms with van der Waals surface area (Å²) in [5, 5.41) is 12.2. The van der Waals surface area contributed by atoms with Crippen LogP contribution in [0.25, 0.3) is 22.6 Å². The fourth-order valence-electron chi connectivity index (χ4n) is 2.14. The number of ether oxygens (including phenoxy) is 1. The quantitative estimate of drug-likeness (QED) is 0.731. The second-order valence-electron chi connectivity index (χ2n) is 5.10. The average molecular weight is 316 g/mol. The van der Waals surface area contributed by atoms with Crippen molar-refractivity contribution < 1.29 is 18.7 Å². The third-order valence-corrected chi connectivity index (χ3v) is 3.40. The zero-order chi connectivity index (χ0) is 16.2. The SMILES string of the molecule is CNc1ccc(-c2nc3cc(OC[C@H](O)CF)ccc3o2)cc1. The van der Waals surface area contributed by atoms with Crippen molar-refractivity contribution in [2.45, 2.75) is 6.10 Å². The maximum atomic E-state index is 12.2. The molecule has 0 bridgehead atoms. The first-order valence-electron chi connectivity index (χ1n) is 7.25. The minimum absolute atomic E-state index is 0.0990. The summed E-state index contributed by atoms with van der Waals surface area (Å²) in [5.74, 6) is 1.03. The zero-order valence-corrected chi connectivity index (χ0v) is 12.6. The van der Waals surface area contributed by atoms with Gasteiger partial charge in [-0.1, -0.05) is 0 Å². The highest BCUT2D eigenvalue weighted by Gasteiger charge is 2.10. The van der Waals surface area contributed by atoms with E-state index in [4.69, 9.17) is 9.15 Å². The van der Waals surface area contributed by atoms with Crippen LogP contribution < -0.4 is 10.1 Å². The van der Waals surface area contributed by atoms with Gasteiger partial charge in [0.2, 0.25) is 5.89 Å². The molecule has 0 saturated carbocycles. The van der Waals surface area contributed by atoms with E-state index >= 15 is 0 Å². The maximum absolute atomic E-state index is 12.2. The van der Waals surface area contributed by atoms with Crippen molar-refractivity contribution >= 4 is 16.8 Å². The molecule has 0 unspecified atom stereocenters. The second kappa shape index (κ2) is 6.66. The smallest absolute Gasteiger partial charge is 0.227 e. The van der Waals surface area contributed by atoms with Gasteiger partial charge in [0.1, 0.15) is 30.7 Å². The van der Waals surface area contributed by atoms with E-state index in [0.29, 0.717) is 22.7 Å². The van der Waals surface area contributed by atoms with Crippen LogP contribution in [0.5, 0.6) is 5.75 Å². The molecule has 2 N–H and O–H groups in total. The van der Waals surface area contributed by atoms with E-state index in [1.807, 2.05) is 31.3 Å². The van der Waals surface area contributed by atoms with Gasteiger partial charge in [0.05, 0.1) is 0 Å². The lowest BCUT2D eigenvalue weighted by atomic mass is 10.2. The normalized spacial score (nSPS) is 12.3. The summed E-state index contributed by atoms with van der Waals surface area (Å²) in [4.78, 5) is 4.44. The van der Waals surface area contributed by atoms with Gasteiger partial charge < -0.3 is 19.6 Å². The van der Waals surface area contributed by atoms with Gasteiger partial charge in [-0.05, 0) is 36.4 Å². The molecule has 3 aromatic rings. The number of alkyl halides is 1. The fraction of sp³-hybridized carbons (Fsp3) is 0.235. The van der Waals surface area contributed by atoms with Crippen molar-refractivity contribution in [3.63, 3.8) is 0 Å². The molecular weight excluding hydrogens is 299 g/mol. The van der Waals surface area contributed by atoms with Crippen molar-refractivity contribution in [3.05, 3.63) is 42.5 Å². The molecule has 6 heteroatoms. The molecule has 0 amide bonds. The Labute approximate surface area is 132 Å². The second-order valence-corrected chi connectivity index (χ2v) is 5.10. The number of hydrogen-bond donors (Lipinski definition) is 2. The number of benzene rings is 2. The zero-order valence-electron chi connectivity index (χ0n) is 12.6. The van der Waals surface area contributed by atoms with Crippen molar-refractivity contribution in [2.24, 2.45) is 0 Å². The number of anilines is 1. The first-order chi connectivity index (χ1) is 11.2. The Bertz CT molecular complexity index is 786. The van der Waals surface area contributed by atoms with E-state index in [1.165, 1.54) is 0 Å². The summed E-state index contributed by atoms with van der Waals surface area (Å²) in [5.41, 5.74) is 3.16. The van der Waals surface area contributed by atoms with Crippen LogP contribution in [0, 0.1) is 0 Å². The lowest BCUT2D eigenvalue weighted by molar-refractivity contribution is 0.0842. The van der Waals surface area contributed by atoms with Gasteiger partial charge in [0.15, 0.2) is 5.58 Å². The molecule has 2 aromatic carbocycles. The largest absolute Gasteiger partial charge is 0.491 e. The van der Waals surface area contributed by atoms with Crippen LogP contribution in [0.1, 0.15) is 0 Å². The molecule has 0 radical (unpaired) electrons. The predicted molar refractivity (Wildman–Crippen MR) is 86.5 cm³/mol. The van der Waals surface area contributed by atoms with Crippen molar-refractivity contribution in [1.29, 1.82) is 0 Å². The van der Waals surface area contributed by atoms with Crippen molar-refractivity contribution in [2.75, 3.05) is 25.6 Å². The van der Waals surface area contributed by atoms with Gasteiger partial charge in [-0.3, -0.25) is 0 Å². The fourth-order valence-corrected chi connectivity index (χ4v) is 2.14. The van der Waals surface area contributed by atoms with Crippen LogP contribution in [0.2, 0.25) is 0 Å². The Morgan fingerprint density at radius 1 is 1.26 bits per heavy atom. The Morgan fingerprint density at radius 2 is 2.04 bits per heavy atom. The van der Waals surface area contributed by atoms with Crippen LogP contribution in [0.3, 0.4) is 0 Å². The Hall–Kier alpha value is -2.60. The lowest BCUT2D eigenvalue weighted by Crippen LogP contribution is -2.19. The number of oxazole rings is 1. The van der Waals surface area contributed by atoms with Gasteiger partial charge in [0.25, 0.3) is 0 Å². The number of aliphatic hydroxyl groups is 1. The highest BCUT2D eigenvalue weighted by molar-refractivity contribution is 5.78. The van der Waals surface area contributed by atoms with Gasteiger partial charge in [-0.25, -0.2) is 9.37 Å². The molecule has 120 valence electrons. The van der Waals surface area contributed by atoms with E-state index in [1.54, 1.807) is 18.2 Å². The van der Waals surface area contributed by atoms with Crippen molar-refractivity contribution in [1.82, 2.24) is 4.98 Å². The maximum Gasteiger partial charge on any atom is 0.227 e. The molecule has 1 heterocycles. The molecule has 0 aliphatic heterocycles. The number of aliphatic hydroxyl groups excluding tert-OH is 1. The third-order valence-electron chi connectivity index (χ3n) is 3.40. The number of fused-ring (bicyclic) bond motifs is 1. The van der Waals surface area contributed by atoms with Crippen LogP contribution in [0.15, 0.2) is 46.9 Å². The van der Waals surface area contributed by atoms with Gasteiger partial charge in [0, 0.05) is 24.4 Å². The minimum Gasteiger partial charge on any atom is -0.491 e. The molecule has 1 atom stereocenters. The monoisotopic (exact) mass is 316 g/mol. The van der Waals surface area contributed by atoms with Gasteiger partial charge >= 0.3 is 0 Å². The number of aromatic nitrogens is 1. The van der Waals surface area contributed by atoms with E-state index in [9.17, 15) is 9.50 Å². The van der Waals surface area contributed by atoms with Crippen LogP contribution in [-0.4, -0.2) is 36.5 Å². The summed E-state index contributed by atoms with van der Waals surface area (Å²) in [6.07, 6.45) is -1.12. The predicted octanol–water partition coefficient (Wildman–Crippen LogP) is 3.25. The lowest BCUT2D eigenvalue weighted by Gasteiger charge is -2.08. The number of hydrogen-bond acceptors (Lipinski definition) is 5. The average Bonchev–Trinajstić information content (AvgIpc) is 3.03. The molecule has 0 saturated heterocycles. The standard InChI is InChI=1S/C17H17FN2O3/c1-19-12-4-2-11(3-5-12)17-20-15-8-14(6-7-16(15)23-17)22-10-13(21)9-18/h2-8,13,19,21H,9-10H2,1H3/t13-/m1/s1. The minimum atomic E-state index is -1.12. The van der Waals surface area contributed by atoms with E-state index in [2.05, 4.69) is 10.3 Å². The van der Waals surface area contributed by atoms with E-state index in [0.717, 1.165) is 11.3 Å². The molecule has 0 aliphatic carbocycles. The Kier molecular flexibility index (Phi) is 4.43. The highest BCUT2D eigenvalue weighted by Crippen LogP contribution is 2.27. The molecule has 5 nitrogen and oxygen atoms in total. The summed E-state index contributed by atoms with van der Waals surface area (Å²) in [6, 6.07) is 12.9. The molecule has 0 spiro atoms. The number of nitrogens with one attached hydrogen (secondary N) is 1. The number of nitrogens with zero attached hydrogens (tertiary/aromatic N) is 1. The topological polar surface area (TPSA) is 67.5 Å². The number of halogens is 1. The van der Waals surface area contributed by atoms with Crippen molar-refractivity contribution in [3.8, 4) is 17.2 Å². The van der Waals surface area contributed by atoms with E-state index < -0.39 is 12.8 Å². The Morgan fingerprint density at radius 3 is 2.74 bits per heavy atom. The highest BCUT2D eigenvalue weighted by atomic mass is 19.1. The van der Waals surface area contributed by atoms with Gasteiger partial charge in [-0.15, -0.1) is 0 Å². The summed E-state index contributed by atoms with van der Waals surface area (Å²) in [6.45, 7) is -0.933. The van der Waals surface area contributed by atoms with Gasteiger partial charge in [-0.2, -0.15) is 0 Å². The molecule has 0 fully saturated rings. The van der Waals surface area contributed by atoms with Crippen LogP contribution in [0.4, 0.5) is 10.1 Å². The summed E-state index contributed by atoms with van der Waals surface area (Å²) < 4.78 is 23.3. The number of rotatable bonds is 6. The molecular formula is C17H17FN2O3. The molecule has 1 aromatic heterocycles. The first kappa shape index (κ1) is 15.3. The Balaban J connectivity index is 1.83. The summed E-state index contributed by atoms with van der Waals surface area (Å²) >= 11 is 0. The van der Waals surface area contributed by atoms with Crippen LogP contribution in [-0.2, 0) is 0 Å².